The molecule has 11 heteroatoms. The van der Waals surface area contributed by atoms with Crippen LogP contribution in [-0.2, 0) is 17.0 Å². The van der Waals surface area contributed by atoms with E-state index in [1.165, 1.54) is 6.92 Å². The highest BCUT2D eigenvalue weighted by molar-refractivity contribution is 7.81. The van der Waals surface area contributed by atoms with Crippen LogP contribution in [0.1, 0.15) is 16.7 Å². The van der Waals surface area contributed by atoms with E-state index in [0.29, 0.717) is 26.2 Å². The molecule has 0 atom stereocenters. The predicted octanol–water partition coefficient (Wildman–Crippen LogP) is 1.36. The third-order valence-electron chi connectivity index (χ3n) is 4.06. The van der Waals surface area contributed by atoms with Crippen molar-refractivity contribution in [3.63, 3.8) is 0 Å². The first-order valence-electron chi connectivity index (χ1n) is 7.39. The molecule has 1 heterocycles. The van der Waals surface area contributed by atoms with Crippen molar-refractivity contribution in [2.45, 2.75) is 20.4 Å². The van der Waals surface area contributed by atoms with E-state index in [4.69, 9.17) is 0 Å². The van der Waals surface area contributed by atoms with E-state index in [0.717, 1.165) is 13.0 Å². The molecule has 1 fully saturated rings. The van der Waals surface area contributed by atoms with Gasteiger partial charge in [-0.3, -0.25) is 4.90 Å². The molecule has 0 aliphatic carbocycles. The summed E-state index contributed by atoms with van der Waals surface area (Å²) in [5.41, 5.74) is -0.930. The normalized spacial score (nSPS) is 17.1. The lowest BCUT2D eigenvalue weighted by Crippen LogP contribution is -2.43. The van der Waals surface area contributed by atoms with Gasteiger partial charge in [0, 0.05) is 32.7 Å². The van der Waals surface area contributed by atoms with Gasteiger partial charge in [-0.05, 0) is 30.5 Å². The Hall–Kier alpha value is -1.33. The second-order valence-electron chi connectivity index (χ2n) is 5.78. The lowest BCUT2D eigenvalue weighted by atomic mass is 9.75. The average Bonchev–Trinajstić information content (AvgIpc) is 2.45. The Kier molecular flexibility index (Phi) is 5.45. The van der Waals surface area contributed by atoms with Crippen LogP contribution in [0.25, 0.3) is 0 Å². The molecular formula is C13H18BF4N2O3S-. The van der Waals surface area contributed by atoms with Crippen molar-refractivity contribution >= 4 is 22.9 Å². The zero-order chi connectivity index (χ0) is 18.1. The summed E-state index contributed by atoms with van der Waals surface area (Å²) in [7, 11) is -5.42. The molecule has 1 aromatic carbocycles. The smallest absolute Gasteiger partial charge is 0.445 e. The van der Waals surface area contributed by atoms with Crippen LogP contribution >= 0.6 is 0 Å². The molecule has 24 heavy (non-hydrogen) atoms. The molecule has 5 nitrogen and oxygen atoms in total. The molecule has 0 aromatic heterocycles. The maximum atomic E-state index is 13.3. The molecule has 1 saturated heterocycles. The van der Waals surface area contributed by atoms with Crippen molar-refractivity contribution < 1.29 is 29.4 Å². The Bertz CT molecular complexity index is 719. The van der Waals surface area contributed by atoms with Gasteiger partial charge >= 0.3 is 17.5 Å². The van der Waals surface area contributed by atoms with Gasteiger partial charge in [0.1, 0.15) is 5.75 Å². The van der Waals surface area contributed by atoms with Crippen molar-refractivity contribution in [2.24, 2.45) is 0 Å². The van der Waals surface area contributed by atoms with Crippen LogP contribution in [0.15, 0.2) is 6.07 Å². The first kappa shape index (κ1) is 19.0. The number of nitrogens with one attached hydrogen (secondary N) is 1. The Balaban J connectivity index is 2.50. The minimum absolute atomic E-state index is 0.191. The summed E-state index contributed by atoms with van der Waals surface area (Å²) in [6.45, 7) is 0.0424. The fourth-order valence-electron chi connectivity index (χ4n) is 2.80. The third kappa shape index (κ3) is 4.61. The minimum atomic E-state index is -5.42. The van der Waals surface area contributed by atoms with Crippen molar-refractivity contribution in [2.75, 3.05) is 26.2 Å². The van der Waals surface area contributed by atoms with Crippen molar-refractivity contribution in [1.82, 2.24) is 10.2 Å². The van der Waals surface area contributed by atoms with Gasteiger partial charge in [-0.25, -0.2) is 0 Å². The molecule has 0 saturated carbocycles. The molecule has 0 radical (unpaired) electrons. The van der Waals surface area contributed by atoms with Crippen LogP contribution in [0.2, 0.25) is 0 Å². The van der Waals surface area contributed by atoms with Gasteiger partial charge in [-0.1, -0.05) is 9.95 Å². The average molecular weight is 369 g/mol. The van der Waals surface area contributed by atoms with Gasteiger partial charge in [0.05, 0.1) is 0 Å². The third-order valence-corrected chi connectivity index (χ3v) is 4.43. The van der Waals surface area contributed by atoms with Crippen molar-refractivity contribution in [1.29, 1.82) is 0 Å². The zero-order valence-corrected chi connectivity index (χ0v) is 14.1. The molecule has 136 valence electrons. The first-order chi connectivity index (χ1) is 11.0. The van der Waals surface area contributed by atoms with E-state index < -0.39 is 34.3 Å². The molecule has 1 aliphatic rings. The molecule has 1 N–H and O–H groups in total. The lowest BCUT2D eigenvalue weighted by molar-refractivity contribution is 0.232. The van der Waals surface area contributed by atoms with Gasteiger partial charge in [0.15, 0.2) is 0 Å². The molecule has 0 bridgehead atoms. The van der Waals surface area contributed by atoms with Crippen molar-refractivity contribution in [3.05, 3.63) is 22.8 Å². The summed E-state index contributed by atoms with van der Waals surface area (Å²) in [6, 6.07) is 1.00. The van der Waals surface area contributed by atoms with E-state index in [2.05, 4.69) is 9.50 Å². The highest BCUT2D eigenvalue weighted by Gasteiger charge is 2.31. The summed E-state index contributed by atoms with van der Waals surface area (Å²) >= 11 is 0. The lowest BCUT2D eigenvalue weighted by Gasteiger charge is -2.29. The zero-order valence-electron chi connectivity index (χ0n) is 13.3. The SMILES string of the molecule is Cc1c(CN2CCNCC2)cc([B-](F)(F)F)c(C)c1OS(=O)(=O)F. The fraction of sp³-hybridized carbons (Fsp3) is 0.538. The molecule has 1 aromatic rings. The van der Waals surface area contributed by atoms with Gasteiger partial charge in [0.2, 0.25) is 0 Å². The van der Waals surface area contributed by atoms with E-state index >= 15 is 0 Å². The van der Waals surface area contributed by atoms with Gasteiger partial charge in [0.25, 0.3) is 0 Å². The summed E-state index contributed by atoms with van der Waals surface area (Å²) in [5, 5.41) is 3.13. The van der Waals surface area contributed by atoms with Crippen molar-refractivity contribution in [3.8, 4) is 5.75 Å². The Morgan fingerprint density at radius 3 is 2.29 bits per heavy atom. The van der Waals surface area contributed by atoms with E-state index in [-0.39, 0.29) is 17.7 Å². The van der Waals surface area contributed by atoms with E-state index in [1.807, 2.05) is 4.90 Å². The highest BCUT2D eigenvalue weighted by Crippen LogP contribution is 2.30. The van der Waals surface area contributed by atoms with Crippen LogP contribution in [0, 0.1) is 13.8 Å². The first-order valence-corrected chi connectivity index (χ1v) is 8.70. The second kappa shape index (κ2) is 6.89. The summed E-state index contributed by atoms with van der Waals surface area (Å²) in [5.74, 6) is -0.584. The molecule has 2 rings (SSSR count). The van der Waals surface area contributed by atoms with Gasteiger partial charge in [-0.2, -0.15) is 8.42 Å². The monoisotopic (exact) mass is 369 g/mol. The molecule has 0 amide bonds. The van der Waals surface area contributed by atoms with E-state index in [1.54, 1.807) is 0 Å². The number of halogens is 4. The minimum Gasteiger partial charge on any atom is -0.445 e. The number of hydrogen-bond donors (Lipinski definition) is 1. The van der Waals surface area contributed by atoms with Crippen LogP contribution in [0.5, 0.6) is 5.75 Å². The number of piperazine rings is 1. The number of rotatable bonds is 5. The summed E-state index contributed by atoms with van der Waals surface area (Å²) in [6.07, 6.45) is 0. The summed E-state index contributed by atoms with van der Waals surface area (Å²) < 4.78 is 78.6. The quantitative estimate of drug-likeness (QED) is 0.483. The van der Waals surface area contributed by atoms with Crippen LogP contribution in [0.4, 0.5) is 16.8 Å². The Morgan fingerprint density at radius 2 is 1.79 bits per heavy atom. The number of benzene rings is 1. The number of nitrogens with zero attached hydrogens (tertiary/aromatic N) is 1. The van der Waals surface area contributed by atoms with Gasteiger partial charge < -0.3 is 22.4 Å². The van der Waals surface area contributed by atoms with Crippen LogP contribution in [-0.4, -0.2) is 46.5 Å². The fourth-order valence-corrected chi connectivity index (χ4v) is 3.25. The maximum Gasteiger partial charge on any atom is 0.510 e. The molecule has 1 aliphatic heterocycles. The number of hydrogen-bond acceptors (Lipinski definition) is 5. The standard InChI is InChI=1S/C13H18BF4N2O3S/c1-9-11(8-20-5-3-19-4-6-20)7-12(14(15,16)17)10(2)13(9)23-24(18,21)22/h7,19H,3-6,8H2,1-2H3/q-1. The highest BCUT2D eigenvalue weighted by atomic mass is 32.3. The Morgan fingerprint density at radius 1 is 1.21 bits per heavy atom. The molecule has 0 unspecified atom stereocenters. The molecule has 0 spiro atoms. The van der Waals surface area contributed by atoms with Crippen LogP contribution < -0.4 is 15.0 Å². The maximum absolute atomic E-state index is 13.3. The Labute approximate surface area is 138 Å². The second-order valence-corrected chi connectivity index (χ2v) is 6.73. The predicted molar refractivity (Wildman–Crippen MR) is 83.4 cm³/mol. The summed E-state index contributed by atoms with van der Waals surface area (Å²) in [4.78, 5) is 1.94. The molecular weight excluding hydrogens is 351 g/mol. The largest absolute Gasteiger partial charge is 0.510 e. The van der Waals surface area contributed by atoms with Gasteiger partial charge in [-0.15, -0.1) is 5.46 Å². The van der Waals surface area contributed by atoms with Crippen LogP contribution in [0.3, 0.4) is 0 Å². The van der Waals surface area contributed by atoms with E-state index in [9.17, 15) is 25.3 Å². The topological polar surface area (TPSA) is 58.6 Å².